The Hall–Kier alpha value is -6.55. The summed E-state index contributed by atoms with van der Waals surface area (Å²) in [5.74, 6) is -1.09. The molecule has 69 heavy (non-hydrogen) atoms. The second-order valence-corrected chi connectivity index (χ2v) is 20.0. The number of anilines is 3. The zero-order chi connectivity index (χ0) is 48.1. The smallest absolute Gasteiger partial charge is 0.410 e. The summed E-state index contributed by atoms with van der Waals surface area (Å²) in [4.78, 5) is 77.4. The molecule has 5 aliphatic rings. The van der Waals surface area contributed by atoms with Crippen molar-refractivity contribution < 1.29 is 42.0 Å². The summed E-state index contributed by atoms with van der Waals surface area (Å²) in [6.07, 6.45) is 6.92. The van der Waals surface area contributed by atoms with Crippen LogP contribution < -0.4 is 20.9 Å². The second kappa shape index (κ2) is 18.7. The highest BCUT2D eigenvalue weighted by Crippen LogP contribution is 2.38. The van der Waals surface area contributed by atoms with Crippen LogP contribution in [0.2, 0.25) is 0 Å². The normalized spacial score (nSPS) is 23.8. The van der Waals surface area contributed by atoms with Crippen LogP contribution >= 0.6 is 0 Å². The standard InChI is InChI=1S/C47H57F2N13O7/c1-47(2,3)68-46(67)62-29-11-12-30(62)24-59(23-29)36-15-16-60-43(53-36)33(21-50-60)45(66)52-35-25-61(55-40(35)42(48)49)28-9-7-27(8-10-28)22-57-17-19-58(20-18-57)26-38(64)51-34-6-4-5-31-39(56-69-41(31)34)32-13-14-37(63)54-44(32)65/h4-6,15-16,21,25,27-30,32,42H,7-14,17-20,22-24,26H2,1-3H3,(H,51,64)(H,52,66)(H,54,63,65). The van der Waals surface area contributed by atoms with Crippen molar-refractivity contribution in [3.05, 3.63) is 59.8 Å². The van der Waals surface area contributed by atoms with Crippen LogP contribution in [-0.2, 0) is 19.1 Å². The summed E-state index contributed by atoms with van der Waals surface area (Å²) in [6.45, 7) is 10.8. The Morgan fingerprint density at radius 1 is 0.913 bits per heavy atom. The number of carbonyl (C=O) groups excluding carboxylic acids is 5. The van der Waals surface area contributed by atoms with Crippen molar-refractivity contribution in [3.8, 4) is 0 Å². The molecule has 5 amide bonds. The van der Waals surface area contributed by atoms with Gasteiger partial charge in [0.25, 0.3) is 12.3 Å². The molecule has 1 aromatic carbocycles. The molecule has 0 radical (unpaired) electrons. The molecule has 366 valence electrons. The van der Waals surface area contributed by atoms with Gasteiger partial charge < -0.3 is 29.7 Å². The van der Waals surface area contributed by atoms with Gasteiger partial charge in [-0.1, -0.05) is 11.2 Å². The minimum absolute atomic E-state index is 0.0386. The first-order chi connectivity index (χ1) is 33.1. The minimum atomic E-state index is -2.91. The third kappa shape index (κ3) is 9.72. The molecular weight excluding hydrogens is 897 g/mol. The van der Waals surface area contributed by atoms with Gasteiger partial charge in [-0.05, 0) is 89.8 Å². The molecule has 4 aromatic heterocycles. The molecule has 0 spiro atoms. The number of hydrogen-bond donors (Lipinski definition) is 3. The maximum atomic E-state index is 14.4. The highest BCUT2D eigenvalue weighted by Gasteiger charge is 2.45. The monoisotopic (exact) mass is 953 g/mol. The number of nitrogens with zero attached hydrogens (tertiary/aromatic N) is 10. The fraction of sp³-hybridized carbons (Fsp3) is 0.553. The van der Waals surface area contributed by atoms with Crippen molar-refractivity contribution in [1.82, 2.24) is 49.6 Å². The first-order valence-electron chi connectivity index (χ1n) is 23.9. The first-order valence-corrected chi connectivity index (χ1v) is 23.9. The Balaban J connectivity index is 0.700. The van der Waals surface area contributed by atoms with Gasteiger partial charge in [-0.2, -0.15) is 10.2 Å². The van der Waals surface area contributed by atoms with Crippen molar-refractivity contribution in [2.24, 2.45) is 5.92 Å². The van der Waals surface area contributed by atoms with Crippen molar-refractivity contribution in [1.29, 1.82) is 0 Å². The van der Waals surface area contributed by atoms with Gasteiger partial charge in [-0.15, -0.1) is 0 Å². The average molecular weight is 954 g/mol. The molecule has 20 nitrogen and oxygen atoms in total. The number of piperazine rings is 2. The quantitative estimate of drug-likeness (QED) is 0.142. The Morgan fingerprint density at radius 3 is 2.35 bits per heavy atom. The van der Waals surface area contributed by atoms with E-state index < -0.39 is 35.5 Å². The van der Waals surface area contributed by atoms with E-state index in [2.05, 4.69) is 46.0 Å². The predicted molar refractivity (Wildman–Crippen MR) is 247 cm³/mol. The summed E-state index contributed by atoms with van der Waals surface area (Å²) in [5, 5.41) is 21.4. The molecule has 3 atom stereocenters. The zero-order valence-electron chi connectivity index (χ0n) is 38.9. The van der Waals surface area contributed by atoms with Crippen LogP contribution in [-0.4, -0.2) is 144 Å². The molecule has 1 aliphatic carbocycles. The molecule has 4 aliphatic heterocycles. The van der Waals surface area contributed by atoms with Gasteiger partial charge in [0.15, 0.2) is 16.9 Å². The summed E-state index contributed by atoms with van der Waals surface area (Å²) in [5.41, 5.74) is 0.559. The van der Waals surface area contributed by atoms with E-state index in [1.165, 1.54) is 16.9 Å². The molecule has 10 rings (SSSR count). The Labute approximate surface area is 396 Å². The van der Waals surface area contributed by atoms with Crippen LogP contribution in [0.1, 0.15) is 112 Å². The van der Waals surface area contributed by atoms with Gasteiger partial charge in [0.2, 0.25) is 17.7 Å². The number of para-hydroxylation sites is 1. The number of imide groups is 1. The summed E-state index contributed by atoms with van der Waals surface area (Å²) in [7, 11) is 0. The number of nitrogens with one attached hydrogen (secondary N) is 3. The number of benzene rings is 1. The van der Waals surface area contributed by atoms with Crippen LogP contribution in [0.5, 0.6) is 0 Å². The number of piperidine rings is 1. The Morgan fingerprint density at radius 2 is 1.64 bits per heavy atom. The average Bonchev–Trinajstić information content (AvgIpc) is 4.10. The van der Waals surface area contributed by atoms with Gasteiger partial charge in [0.1, 0.15) is 22.7 Å². The number of halogens is 2. The lowest BCUT2D eigenvalue weighted by Crippen LogP contribution is -2.57. The molecule has 5 aromatic rings. The number of amides is 5. The second-order valence-electron chi connectivity index (χ2n) is 20.0. The molecule has 2 bridgehead atoms. The van der Waals surface area contributed by atoms with Gasteiger partial charge in [0.05, 0.1) is 48.2 Å². The number of ether oxygens (including phenoxy) is 1. The fourth-order valence-electron chi connectivity index (χ4n) is 10.7. The summed E-state index contributed by atoms with van der Waals surface area (Å²) < 4.78 is 43.2. The number of carbonyl (C=O) groups is 5. The molecule has 3 unspecified atom stereocenters. The number of rotatable bonds is 11. The molecule has 5 fully saturated rings. The lowest BCUT2D eigenvalue weighted by Gasteiger charge is -2.41. The van der Waals surface area contributed by atoms with Gasteiger partial charge in [-0.25, -0.2) is 23.1 Å². The van der Waals surface area contributed by atoms with Crippen LogP contribution in [0.15, 0.2) is 47.4 Å². The topological polar surface area (TPSA) is 218 Å². The van der Waals surface area contributed by atoms with E-state index >= 15 is 0 Å². The molecule has 3 N–H and O–H groups in total. The predicted octanol–water partition coefficient (Wildman–Crippen LogP) is 5.35. The summed E-state index contributed by atoms with van der Waals surface area (Å²) in [6, 6.07) is 6.93. The van der Waals surface area contributed by atoms with E-state index in [9.17, 15) is 32.8 Å². The largest absolute Gasteiger partial charge is 0.444 e. The van der Waals surface area contributed by atoms with Crippen LogP contribution in [0.3, 0.4) is 0 Å². The SMILES string of the molecule is CC(C)(C)OC(=O)N1C2CCC1CN(c1ccn3ncc(C(=O)Nc4cn(C5CCC(CN6CCN(CC(=O)Nc7cccc8c(C9CCC(=O)NC9=O)noc78)CC6)CC5)nc4C(F)F)c3n1)C2. The van der Waals surface area contributed by atoms with Crippen LogP contribution in [0.25, 0.3) is 16.6 Å². The summed E-state index contributed by atoms with van der Waals surface area (Å²) >= 11 is 0. The molecular formula is C47H57F2N13O7. The van der Waals surface area contributed by atoms with Gasteiger partial charge >= 0.3 is 6.09 Å². The van der Waals surface area contributed by atoms with E-state index in [1.54, 1.807) is 29.1 Å². The van der Waals surface area contributed by atoms with Crippen molar-refractivity contribution in [2.45, 2.75) is 108 Å². The lowest BCUT2D eigenvalue weighted by atomic mass is 9.85. The van der Waals surface area contributed by atoms with Gasteiger partial charge in [0, 0.05) is 70.0 Å². The molecule has 4 saturated heterocycles. The number of aromatic nitrogens is 6. The molecule has 8 heterocycles. The minimum Gasteiger partial charge on any atom is -0.444 e. The van der Waals surface area contributed by atoms with E-state index in [-0.39, 0.29) is 65.9 Å². The molecule has 22 heteroatoms. The van der Waals surface area contributed by atoms with Crippen LogP contribution in [0.4, 0.5) is 30.8 Å². The maximum absolute atomic E-state index is 14.4. The van der Waals surface area contributed by atoms with E-state index in [4.69, 9.17) is 14.2 Å². The third-order valence-corrected chi connectivity index (χ3v) is 14.1. The maximum Gasteiger partial charge on any atom is 0.410 e. The Kier molecular flexibility index (Phi) is 12.5. The zero-order valence-corrected chi connectivity index (χ0v) is 38.9. The van der Waals surface area contributed by atoms with E-state index in [0.29, 0.717) is 53.6 Å². The number of fused-ring (bicyclic) bond motifs is 4. The van der Waals surface area contributed by atoms with Crippen LogP contribution in [0, 0.1) is 5.92 Å². The molecule has 1 saturated carbocycles. The van der Waals surface area contributed by atoms with E-state index in [0.717, 1.165) is 71.2 Å². The number of alkyl halides is 2. The van der Waals surface area contributed by atoms with Crippen molar-refractivity contribution in [2.75, 3.05) is 67.9 Å². The highest BCUT2D eigenvalue weighted by atomic mass is 19.3. The highest BCUT2D eigenvalue weighted by molar-refractivity contribution is 6.08. The third-order valence-electron chi connectivity index (χ3n) is 14.1. The number of hydrogen-bond acceptors (Lipinski definition) is 14. The van der Waals surface area contributed by atoms with Gasteiger partial charge in [-0.3, -0.25) is 39.0 Å². The van der Waals surface area contributed by atoms with Crippen molar-refractivity contribution in [3.63, 3.8) is 0 Å². The Bertz CT molecular complexity index is 2760. The lowest BCUT2D eigenvalue weighted by molar-refractivity contribution is -0.134. The first kappa shape index (κ1) is 46.2. The fourth-order valence-corrected chi connectivity index (χ4v) is 10.7. The van der Waals surface area contributed by atoms with Crippen molar-refractivity contribution >= 4 is 63.5 Å². The van der Waals surface area contributed by atoms with E-state index in [1.807, 2.05) is 31.7 Å².